The number of nitriles is 1. The Morgan fingerprint density at radius 3 is 1.75 bits per heavy atom. The van der Waals surface area contributed by atoms with Crippen molar-refractivity contribution in [2.75, 3.05) is 0 Å². The highest BCUT2D eigenvalue weighted by Gasteiger charge is 2.12. The summed E-state index contributed by atoms with van der Waals surface area (Å²) in [6.45, 7) is 14.2. The minimum atomic E-state index is -0.127. The lowest BCUT2D eigenvalue weighted by Gasteiger charge is -2.05. The predicted molar refractivity (Wildman–Crippen MR) is 118 cm³/mol. The van der Waals surface area contributed by atoms with E-state index in [4.69, 9.17) is 11.8 Å². The molecule has 0 aliphatic rings. The molecule has 6 heteroatoms. The second kappa shape index (κ2) is 10.9. The van der Waals surface area contributed by atoms with Crippen LogP contribution < -0.4 is 0 Å². The van der Waals surface area contributed by atoms with Crippen molar-refractivity contribution in [3.63, 3.8) is 0 Å². The van der Waals surface area contributed by atoms with Crippen LogP contribution in [0, 0.1) is 29.7 Å². The Bertz CT molecular complexity index is 915. The molecule has 0 aliphatic carbocycles. The highest BCUT2D eigenvalue weighted by molar-refractivity contribution is 9.11. The van der Waals surface area contributed by atoms with Gasteiger partial charge in [0.15, 0.2) is 17.3 Å². The molecule has 4 nitrogen and oxygen atoms in total. The van der Waals surface area contributed by atoms with E-state index in [-0.39, 0.29) is 23.4 Å². The summed E-state index contributed by atoms with van der Waals surface area (Å²) < 4.78 is 1.84. The molecule has 2 aromatic carbocycles. The van der Waals surface area contributed by atoms with Crippen molar-refractivity contribution in [3.05, 3.63) is 73.5 Å². The Hall–Kier alpha value is -2.28. The van der Waals surface area contributed by atoms with Gasteiger partial charge in [-0.05, 0) is 36.4 Å². The quantitative estimate of drug-likeness (QED) is 0.333. The number of halogens is 2. The lowest BCUT2D eigenvalue weighted by molar-refractivity contribution is 0.0932. The second-order valence-electron chi connectivity index (χ2n) is 6.69. The van der Waals surface area contributed by atoms with E-state index >= 15 is 0 Å². The minimum Gasteiger partial charge on any atom is -0.294 e. The molecule has 0 heterocycles. The van der Waals surface area contributed by atoms with E-state index < -0.39 is 0 Å². The van der Waals surface area contributed by atoms with Crippen molar-refractivity contribution >= 4 is 49.1 Å². The van der Waals surface area contributed by atoms with Crippen LogP contribution in [0.2, 0.25) is 0 Å². The molecule has 0 N–H and O–H groups in total. The number of Topliss-reactive ketones (excluding diaryl/α,β-unsaturated/α-hetero) is 2. The molecule has 0 unspecified atom stereocenters. The van der Waals surface area contributed by atoms with Crippen LogP contribution in [0.3, 0.4) is 0 Å². The third kappa shape index (κ3) is 7.03. The zero-order valence-corrected chi connectivity index (χ0v) is 19.3. The van der Waals surface area contributed by atoms with Gasteiger partial charge in [0.2, 0.25) is 0 Å². The molecular weight excluding hydrogens is 484 g/mol. The molecule has 0 atom stereocenters. The van der Waals surface area contributed by atoms with Gasteiger partial charge in [0.25, 0.3) is 0 Å². The van der Waals surface area contributed by atoms with Crippen LogP contribution in [-0.4, -0.2) is 11.6 Å². The van der Waals surface area contributed by atoms with Gasteiger partial charge in [0.1, 0.15) is 0 Å². The first-order valence-electron chi connectivity index (χ1n) is 8.56. The molecule has 0 amide bonds. The van der Waals surface area contributed by atoms with E-state index in [1.54, 1.807) is 13.8 Å². The fourth-order valence-electron chi connectivity index (χ4n) is 2.25. The van der Waals surface area contributed by atoms with Crippen LogP contribution in [0.5, 0.6) is 0 Å². The number of hydrogen-bond acceptors (Lipinski definition) is 3. The summed E-state index contributed by atoms with van der Waals surface area (Å²) in [5.74, 6) is 0.0396. The van der Waals surface area contributed by atoms with Crippen molar-refractivity contribution in [3.8, 4) is 6.07 Å². The Morgan fingerprint density at radius 2 is 1.36 bits per heavy atom. The van der Waals surface area contributed by atoms with Gasteiger partial charge in [-0.1, -0.05) is 59.6 Å². The average Bonchev–Trinajstić information content (AvgIpc) is 2.65. The molecule has 2 aromatic rings. The maximum atomic E-state index is 11.7. The summed E-state index contributed by atoms with van der Waals surface area (Å²) in [6.07, 6.45) is 0. The molecule has 28 heavy (non-hydrogen) atoms. The van der Waals surface area contributed by atoms with Crippen molar-refractivity contribution < 1.29 is 9.59 Å². The number of ketones is 2. The van der Waals surface area contributed by atoms with Crippen molar-refractivity contribution in [1.82, 2.24) is 0 Å². The van der Waals surface area contributed by atoms with Crippen LogP contribution in [0.15, 0.2) is 45.3 Å². The van der Waals surface area contributed by atoms with Crippen molar-refractivity contribution in [1.29, 1.82) is 5.26 Å². The second-order valence-corrected chi connectivity index (χ2v) is 8.52. The first-order chi connectivity index (χ1) is 13.1. The van der Waals surface area contributed by atoms with E-state index in [0.717, 1.165) is 14.5 Å². The molecule has 0 saturated carbocycles. The molecule has 0 radical (unpaired) electrons. The number of carbonyl (C=O) groups is 2. The minimum absolute atomic E-state index is 0.0428. The third-order valence-corrected chi connectivity index (χ3v) is 4.57. The van der Waals surface area contributed by atoms with Crippen LogP contribution in [-0.2, 0) is 0 Å². The maximum absolute atomic E-state index is 11.7. The van der Waals surface area contributed by atoms with Crippen LogP contribution in [0.1, 0.15) is 54.0 Å². The van der Waals surface area contributed by atoms with Gasteiger partial charge in [-0.15, -0.1) is 0 Å². The van der Waals surface area contributed by atoms with Crippen molar-refractivity contribution in [2.45, 2.75) is 27.7 Å². The Balaban J connectivity index is 0.000000283. The normalized spacial score (nSPS) is 9.93. The van der Waals surface area contributed by atoms with Gasteiger partial charge in [0, 0.05) is 37.5 Å². The van der Waals surface area contributed by atoms with E-state index in [0.29, 0.717) is 16.8 Å². The smallest absolute Gasteiger partial charge is 0.189 e. The summed E-state index contributed by atoms with van der Waals surface area (Å²) in [7, 11) is 0. The lowest BCUT2D eigenvalue weighted by atomic mass is 9.99. The van der Waals surface area contributed by atoms with Crippen LogP contribution in [0.25, 0.3) is 4.85 Å². The average molecular weight is 504 g/mol. The van der Waals surface area contributed by atoms with E-state index in [1.165, 1.54) is 18.2 Å². The molecule has 0 spiro atoms. The highest BCUT2D eigenvalue weighted by Crippen LogP contribution is 2.22. The summed E-state index contributed by atoms with van der Waals surface area (Å²) in [6, 6.07) is 12.1. The lowest BCUT2D eigenvalue weighted by Crippen LogP contribution is -2.07. The van der Waals surface area contributed by atoms with E-state index in [9.17, 15) is 9.59 Å². The zero-order chi connectivity index (χ0) is 21.4. The van der Waals surface area contributed by atoms with Gasteiger partial charge in [0.05, 0.1) is 12.6 Å². The fourth-order valence-corrected chi connectivity index (χ4v) is 3.54. The van der Waals surface area contributed by atoms with E-state index in [2.05, 4.69) is 36.7 Å². The van der Waals surface area contributed by atoms with E-state index in [1.807, 2.05) is 38.1 Å². The summed E-state index contributed by atoms with van der Waals surface area (Å²) in [5, 5.41) is 8.74. The highest BCUT2D eigenvalue weighted by atomic mass is 79.9. The standard InChI is InChI=1S/C12H10N2O.C10H10Br2O/c1-8(2)12(15)10-4-9(7-13)5-11(6-10)14-3;1-6(2)10(13)7-3-8(11)5-9(12)4-7/h4-6,8H,1-2H3;3-6H,1-2H3. The number of nitrogens with zero attached hydrogens (tertiary/aromatic N) is 2. The summed E-state index contributed by atoms with van der Waals surface area (Å²) in [5.41, 5.74) is 1.87. The first kappa shape index (κ1) is 23.8. The van der Waals surface area contributed by atoms with Gasteiger partial charge in [-0.3, -0.25) is 9.59 Å². The molecule has 144 valence electrons. The third-order valence-electron chi connectivity index (χ3n) is 3.66. The molecule has 0 fully saturated rings. The molecule has 0 saturated heterocycles. The van der Waals surface area contributed by atoms with Crippen molar-refractivity contribution in [2.24, 2.45) is 11.8 Å². The number of hydrogen-bond donors (Lipinski definition) is 0. The Labute approximate surface area is 182 Å². The van der Waals surface area contributed by atoms with Gasteiger partial charge in [-0.2, -0.15) is 5.26 Å². The Morgan fingerprint density at radius 1 is 0.893 bits per heavy atom. The van der Waals surface area contributed by atoms with Gasteiger partial charge in [-0.25, -0.2) is 4.85 Å². The fraction of sp³-hybridized carbons (Fsp3) is 0.273. The maximum Gasteiger partial charge on any atom is 0.189 e. The SMILES string of the molecule is CC(C)C(=O)c1cc(Br)cc(Br)c1.[C-]#[N+]c1cc(C#N)cc(C(=O)C(C)C)c1. The summed E-state index contributed by atoms with van der Waals surface area (Å²) >= 11 is 6.70. The first-order valence-corrected chi connectivity index (χ1v) is 10.1. The molecule has 2 rings (SSSR count). The number of benzene rings is 2. The van der Waals surface area contributed by atoms with Crippen LogP contribution in [0.4, 0.5) is 5.69 Å². The molecule has 0 aliphatic heterocycles. The Kier molecular flexibility index (Phi) is 9.25. The largest absolute Gasteiger partial charge is 0.294 e. The number of rotatable bonds is 4. The topological polar surface area (TPSA) is 62.3 Å². The monoisotopic (exact) mass is 502 g/mol. The molecule has 0 bridgehead atoms. The van der Waals surface area contributed by atoms with Crippen LogP contribution >= 0.6 is 31.9 Å². The predicted octanol–water partition coefficient (Wildman–Crippen LogP) is 7.00. The molecule has 0 aromatic heterocycles. The van der Waals surface area contributed by atoms with Gasteiger partial charge >= 0.3 is 0 Å². The summed E-state index contributed by atoms with van der Waals surface area (Å²) in [4.78, 5) is 26.5. The van der Waals surface area contributed by atoms with Gasteiger partial charge < -0.3 is 0 Å². The molecular formula is C22H20Br2N2O2. The zero-order valence-electron chi connectivity index (χ0n) is 16.1. The number of carbonyl (C=O) groups excluding carboxylic acids is 2.